The zero-order valence-electron chi connectivity index (χ0n) is 16.2. The summed E-state index contributed by atoms with van der Waals surface area (Å²) in [7, 11) is -3.75. The lowest BCUT2D eigenvalue weighted by Crippen LogP contribution is -2.48. The van der Waals surface area contributed by atoms with Crippen LogP contribution in [0.5, 0.6) is 11.5 Å². The zero-order chi connectivity index (χ0) is 20.4. The molecule has 3 rings (SSSR count). The maximum Gasteiger partial charge on any atom is 0.243 e. The predicted octanol–water partition coefficient (Wildman–Crippen LogP) is 0.0456. The van der Waals surface area contributed by atoms with Gasteiger partial charge in [0.25, 0.3) is 0 Å². The fraction of sp³-hybridized carbons (Fsp3) is 0.647. The van der Waals surface area contributed by atoms with Gasteiger partial charge in [-0.25, -0.2) is 21.1 Å². The molecule has 0 atom stereocenters. The average molecular weight is 434 g/mol. The van der Waals surface area contributed by atoms with Crippen molar-refractivity contribution in [2.75, 3.05) is 65.8 Å². The quantitative estimate of drug-likeness (QED) is 0.599. The Morgan fingerprint density at radius 1 is 0.964 bits per heavy atom. The van der Waals surface area contributed by atoms with Crippen LogP contribution >= 0.6 is 0 Å². The van der Waals surface area contributed by atoms with Crippen molar-refractivity contribution in [3.63, 3.8) is 0 Å². The van der Waals surface area contributed by atoms with Gasteiger partial charge < -0.3 is 14.4 Å². The van der Waals surface area contributed by atoms with E-state index in [1.54, 1.807) is 12.1 Å². The van der Waals surface area contributed by atoms with E-state index in [1.807, 2.05) is 0 Å². The number of hydrogen-bond acceptors (Lipinski definition) is 7. The number of benzene rings is 1. The van der Waals surface area contributed by atoms with E-state index in [0.717, 1.165) is 0 Å². The molecule has 1 saturated heterocycles. The van der Waals surface area contributed by atoms with Crippen LogP contribution in [-0.4, -0.2) is 96.1 Å². The predicted molar refractivity (Wildman–Crippen MR) is 105 cm³/mol. The molecule has 0 spiro atoms. The second-order valence-electron chi connectivity index (χ2n) is 7.00. The molecule has 1 fully saturated rings. The Bertz CT molecular complexity index is 893. The highest BCUT2D eigenvalue weighted by molar-refractivity contribution is 7.89. The fourth-order valence-electron chi connectivity index (χ4n) is 3.18. The van der Waals surface area contributed by atoms with E-state index in [4.69, 9.17) is 9.47 Å². The van der Waals surface area contributed by atoms with Crippen molar-refractivity contribution in [3.8, 4) is 11.5 Å². The van der Waals surface area contributed by atoms with E-state index < -0.39 is 20.0 Å². The van der Waals surface area contributed by atoms with Gasteiger partial charge in [-0.15, -0.1) is 0 Å². The molecule has 9 nitrogen and oxygen atoms in total. The third-order valence-electron chi connectivity index (χ3n) is 4.92. The smallest absolute Gasteiger partial charge is 0.243 e. The first-order valence-electron chi connectivity index (χ1n) is 9.22. The van der Waals surface area contributed by atoms with Crippen LogP contribution in [0, 0.1) is 0 Å². The molecule has 0 saturated carbocycles. The largest absolute Gasteiger partial charge is 0.486 e. The van der Waals surface area contributed by atoms with Gasteiger partial charge in [0.2, 0.25) is 20.0 Å². The Balaban J connectivity index is 1.55. The summed E-state index contributed by atoms with van der Waals surface area (Å²) in [5, 5.41) is 0. The van der Waals surface area contributed by atoms with Crippen LogP contribution in [0.1, 0.15) is 6.42 Å². The molecule has 0 radical (unpaired) electrons. The van der Waals surface area contributed by atoms with Gasteiger partial charge >= 0.3 is 0 Å². The van der Waals surface area contributed by atoms with Crippen LogP contribution in [0.2, 0.25) is 0 Å². The lowest BCUT2D eigenvalue weighted by Gasteiger charge is -2.34. The van der Waals surface area contributed by atoms with Crippen molar-refractivity contribution in [2.24, 2.45) is 0 Å². The van der Waals surface area contributed by atoms with Gasteiger partial charge in [0.05, 0.1) is 10.6 Å². The second-order valence-corrected chi connectivity index (χ2v) is 11.2. The van der Waals surface area contributed by atoms with Gasteiger partial charge in [-0.1, -0.05) is 0 Å². The summed E-state index contributed by atoms with van der Waals surface area (Å²) < 4.78 is 63.1. The van der Waals surface area contributed by atoms with E-state index in [2.05, 4.69) is 4.90 Å². The molecule has 0 amide bonds. The molecule has 158 valence electrons. The van der Waals surface area contributed by atoms with E-state index in [9.17, 15) is 16.8 Å². The van der Waals surface area contributed by atoms with Crippen molar-refractivity contribution < 1.29 is 26.3 Å². The van der Waals surface area contributed by atoms with Crippen LogP contribution in [-0.2, 0) is 20.0 Å². The Hall–Kier alpha value is -1.40. The summed E-state index contributed by atoms with van der Waals surface area (Å²) in [4.78, 5) is 2.29. The van der Waals surface area contributed by atoms with Crippen molar-refractivity contribution in [2.45, 2.75) is 11.3 Å². The van der Waals surface area contributed by atoms with Gasteiger partial charge in [0.15, 0.2) is 11.5 Å². The Kier molecular flexibility index (Phi) is 6.50. The van der Waals surface area contributed by atoms with Gasteiger partial charge in [-0.2, -0.15) is 4.31 Å². The molecule has 0 aromatic heterocycles. The minimum Gasteiger partial charge on any atom is -0.486 e. The maximum atomic E-state index is 12.9. The normalized spacial score (nSPS) is 19.1. The molecule has 0 unspecified atom stereocenters. The number of sulfonamides is 2. The SMILES string of the molecule is CN(C)S(=O)(=O)CCCN1CCN(S(=O)(=O)c2ccc3c(c2)OCCO3)CC1. The minimum absolute atomic E-state index is 0.0930. The Morgan fingerprint density at radius 2 is 1.61 bits per heavy atom. The van der Waals surface area contributed by atoms with E-state index in [1.165, 1.54) is 28.8 Å². The number of ether oxygens (including phenoxy) is 2. The number of piperazine rings is 1. The van der Waals surface area contributed by atoms with E-state index in [-0.39, 0.29) is 10.6 Å². The number of nitrogens with zero attached hydrogens (tertiary/aromatic N) is 3. The molecule has 2 aliphatic rings. The lowest BCUT2D eigenvalue weighted by molar-refractivity contribution is 0.171. The van der Waals surface area contributed by atoms with Crippen molar-refractivity contribution >= 4 is 20.0 Å². The third-order valence-corrected chi connectivity index (χ3v) is 8.73. The van der Waals surface area contributed by atoms with Crippen LogP contribution in [0.15, 0.2) is 23.1 Å². The van der Waals surface area contributed by atoms with Crippen molar-refractivity contribution in [1.82, 2.24) is 13.5 Å². The molecule has 28 heavy (non-hydrogen) atoms. The fourth-order valence-corrected chi connectivity index (χ4v) is 5.48. The molecule has 0 N–H and O–H groups in total. The minimum atomic E-state index is -3.61. The van der Waals surface area contributed by atoms with Crippen LogP contribution in [0.25, 0.3) is 0 Å². The zero-order valence-corrected chi connectivity index (χ0v) is 17.8. The summed E-state index contributed by atoms with van der Waals surface area (Å²) in [5.74, 6) is 1.10. The lowest BCUT2D eigenvalue weighted by atomic mass is 10.3. The molecule has 2 aliphatic heterocycles. The van der Waals surface area contributed by atoms with Crippen LogP contribution in [0.3, 0.4) is 0 Å². The van der Waals surface area contributed by atoms with Crippen LogP contribution in [0.4, 0.5) is 0 Å². The average Bonchev–Trinajstić information content (AvgIpc) is 2.67. The molecule has 0 aliphatic carbocycles. The van der Waals surface area contributed by atoms with Crippen LogP contribution < -0.4 is 9.47 Å². The Morgan fingerprint density at radius 3 is 2.25 bits per heavy atom. The summed E-state index contributed by atoms with van der Waals surface area (Å²) >= 11 is 0. The highest BCUT2D eigenvalue weighted by Crippen LogP contribution is 2.33. The molecular weight excluding hydrogens is 406 g/mol. The van der Waals surface area contributed by atoms with Gasteiger partial charge in [0, 0.05) is 46.3 Å². The topological polar surface area (TPSA) is 96.5 Å². The van der Waals surface area contributed by atoms with Gasteiger partial charge in [-0.3, -0.25) is 0 Å². The first-order chi connectivity index (χ1) is 13.2. The summed E-state index contributed by atoms with van der Waals surface area (Å²) in [6.45, 7) is 3.38. The second kappa shape index (κ2) is 8.54. The highest BCUT2D eigenvalue weighted by Gasteiger charge is 2.29. The summed E-state index contributed by atoms with van der Waals surface area (Å²) in [6.07, 6.45) is 0.523. The van der Waals surface area contributed by atoms with Gasteiger partial charge in [-0.05, 0) is 25.1 Å². The molecular formula is C17H27N3O6S2. The summed E-state index contributed by atoms with van der Waals surface area (Å²) in [5.41, 5.74) is 0. The van der Waals surface area contributed by atoms with Gasteiger partial charge in [0.1, 0.15) is 13.2 Å². The third kappa shape index (κ3) is 4.77. The van der Waals surface area contributed by atoms with Crippen molar-refractivity contribution in [1.29, 1.82) is 0 Å². The molecule has 1 aromatic carbocycles. The molecule has 0 bridgehead atoms. The van der Waals surface area contributed by atoms with E-state index >= 15 is 0 Å². The summed E-state index contributed by atoms with van der Waals surface area (Å²) in [6, 6.07) is 4.69. The monoisotopic (exact) mass is 433 g/mol. The molecule has 11 heteroatoms. The molecule has 1 aromatic rings. The first-order valence-corrected chi connectivity index (χ1v) is 12.3. The standard InChI is InChI=1S/C17H27N3O6S2/c1-18(2)27(21,22)13-3-6-19-7-9-20(10-8-19)28(23,24)15-4-5-16-17(14-15)26-12-11-25-16/h4-5,14H,3,6-13H2,1-2H3. The van der Waals surface area contributed by atoms with Crippen molar-refractivity contribution in [3.05, 3.63) is 18.2 Å². The highest BCUT2D eigenvalue weighted by atomic mass is 32.2. The maximum absolute atomic E-state index is 12.9. The number of fused-ring (bicyclic) bond motifs is 1. The van der Waals surface area contributed by atoms with E-state index in [0.29, 0.717) is 63.9 Å². The first kappa shape index (κ1) is 21.3. The number of hydrogen-bond donors (Lipinski definition) is 0. The number of rotatable bonds is 7. The Labute approximate surface area is 166 Å². The molecule has 2 heterocycles.